The van der Waals surface area contributed by atoms with E-state index in [4.69, 9.17) is 0 Å². The molecule has 0 aliphatic carbocycles. The van der Waals surface area contributed by atoms with Crippen LogP contribution < -0.4 is 16.2 Å². The normalized spacial score (nSPS) is 10.3. The molecule has 0 aliphatic heterocycles. The first-order valence-corrected chi connectivity index (χ1v) is 9.73. The maximum atomic E-state index is 12.4. The van der Waals surface area contributed by atoms with Gasteiger partial charge in [0.15, 0.2) is 0 Å². The molecule has 3 aromatic rings. The fraction of sp³-hybridized carbons (Fsp3) is 0.143. The standard InChI is InChI=1S/C21H20N4O3S/c1-13-8-6-7-11-16(13)19(27)22-12-17(26)24-25-20(28)18-14(2)23-21(29-18)15-9-4-3-5-10-15/h3-11H,12H2,1-2H3,(H,22,27)(H,24,26)(H,25,28). The maximum absolute atomic E-state index is 12.4. The number of thiazole rings is 1. The van der Waals surface area contributed by atoms with Crippen molar-refractivity contribution in [3.05, 3.63) is 76.3 Å². The molecule has 0 aliphatic rings. The third kappa shape index (κ3) is 5.05. The van der Waals surface area contributed by atoms with Crippen LogP contribution in [0.4, 0.5) is 0 Å². The van der Waals surface area contributed by atoms with E-state index in [1.165, 1.54) is 11.3 Å². The Balaban J connectivity index is 1.53. The summed E-state index contributed by atoms with van der Waals surface area (Å²) in [5, 5.41) is 3.25. The average molecular weight is 408 g/mol. The highest BCUT2D eigenvalue weighted by molar-refractivity contribution is 7.17. The van der Waals surface area contributed by atoms with Crippen molar-refractivity contribution in [1.29, 1.82) is 0 Å². The molecule has 0 saturated carbocycles. The maximum Gasteiger partial charge on any atom is 0.281 e. The van der Waals surface area contributed by atoms with E-state index in [1.54, 1.807) is 19.1 Å². The minimum Gasteiger partial charge on any atom is -0.343 e. The van der Waals surface area contributed by atoms with Crippen molar-refractivity contribution in [1.82, 2.24) is 21.2 Å². The smallest absolute Gasteiger partial charge is 0.281 e. The highest BCUT2D eigenvalue weighted by atomic mass is 32.1. The van der Waals surface area contributed by atoms with Gasteiger partial charge in [0.2, 0.25) is 0 Å². The largest absolute Gasteiger partial charge is 0.343 e. The van der Waals surface area contributed by atoms with Crippen molar-refractivity contribution in [3.8, 4) is 10.6 Å². The van der Waals surface area contributed by atoms with E-state index < -0.39 is 11.8 Å². The van der Waals surface area contributed by atoms with E-state index in [0.29, 0.717) is 16.1 Å². The molecule has 148 valence electrons. The summed E-state index contributed by atoms with van der Waals surface area (Å²) in [5.41, 5.74) is 7.47. The Morgan fingerprint density at radius 3 is 2.31 bits per heavy atom. The number of hydrogen-bond acceptors (Lipinski definition) is 5. The van der Waals surface area contributed by atoms with Gasteiger partial charge in [-0.15, -0.1) is 11.3 Å². The Labute approximate surface area is 172 Å². The molecule has 0 spiro atoms. The Kier molecular flexibility index (Phi) is 6.36. The zero-order valence-corrected chi connectivity index (χ0v) is 16.8. The van der Waals surface area contributed by atoms with Crippen molar-refractivity contribution in [2.45, 2.75) is 13.8 Å². The second-order valence-electron chi connectivity index (χ2n) is 6.30. The van der Waals surface area contributed by atoms with Gasteiger partial charge in [-0.3, -0.25) is 25.2 Å². The van der Waals surface area contributed by atoms with Crippen LogP contribution in [-0.4, -0.2) is 29.3 Å². The van der Waals surface area contributed by atoms with Crippen molar-refractivity contribution in [3.63, 3.8) is 0 Å². The van der Waals surface area contributed by atoms with E-state index in [2.05, 4.69) is 21.2 Å². The van der Waals surface area contributed by atoms with Gasteiger partial charge in [0, 0.05) is 11.1 Å². The van der Waals surface area contributed by atoms with Crippen LogP contribution in [0.1, 0.15) is 31.3 Å². The van der Waals surface area contributed by atoms with Crippen molar-refractivity contribution in [2.75, 3.05) is 6.54 Å². The van der Waals surface area contributed by atoms with Crippen LogP contribution in [0.3, 0.4) is 0 Å². The molecule has 0 unspecified atom stereocenters. The number of hydrogen-bond donors (Lipinski definition) is 3. The molecule has 7 nitrogen and oxygen atoms in total. The topological polar surface area (TPSA) is 100 Å². The molecule has 3 amide bonds. The summed E-state index contributed by atoms with van der Waals surface area (Å²) in [5.74, 6) is -1.35. The summed E-state index contributed by atoms with van der Waals surface area (Å²) >= 11 is 1.25. The van der Waals surface area contributed by atoms with Crippen LogP contribution in [0, 0.1) is 13.8 Å². The lowest BCUT2D eigenvalue weighted by Crippen LogP contribution is -2.46. The van der Waals surface area contributed by atoms with Crippen LogP contribution in [0.15, 0.2) is 54.6 Å². The number of amides is 3. The van der Waals surface area contributed by atoms with Crippen LogP contribution in [0.2, 0.25) is 0 Å². The zero-order valence-electron chi connectivity index (χ0n) is 16.0. The summed E-state index contributed by atoms with van der Waals surface area (Å²) in [7, 11) is 0. The summed E-state index contributed by atoms with van der Waals surface area (Å²) in [4.78, 5) is 41.3. The molecule has 0 bridgehead atoms. The Morgan fingerprint density at radius 1 is 0.897 bits per heavy atom. The number of hydrazine groups is 1. The summed E-state index contributed by atoms with van der Waals surface area (Å²) in [6, 6.07) is 16.6. The summed E-state index contributed by atoms with van der Waals surface area (Å²) in [6.45, 7) is 3.29. The van der Waals surface area contributed by atoms with Crippen molar-refractivity contribution < 1.29 is 14.4 Å². The fourth-order valence-electron chi connectivity index (χ4n) is 2.62. The van der Waals surface area contributed by atoms with Gasteiger partial charge in [0.25, 0.3) is 17.7 Å². The monoisotopic (exact) mass is 408 g/mol. The van der Waals surface area contributed by atoms with Crippen LogP contribution in [-0.2, 0) is 4.79 Å². The molecule has 0 saturated heterocycles. The quantitative estimate of drug-likeness (QED) is 0.565. The highest BCUT2D eigenvalue weighted by Gasteiger charge is 2.17. The molecule has 8 heteroatoms. The van der Waals surface area contributed by atoms with Crippen LogP contribution >= 0.6 is 11.3 Å². The SMILES string of the molecule is Cc1ccccc1C(=O)NCC(=O)NNC(=O)c1sc(-c2ccccc2)nc1C. The van der Waals surface area contributed by atoms with E-state index in [9.17, 15) is 14.4 Å². The lowest BCUT2D eigenvalue weighted by Gasteiger charge is -2.09. The van der Waals surface area contributed by atoms with E-state index >= 15 is 0 Å². The average Bonchev–Trinajstić information content (AvgIpc) is 3.13. The predicted octanol–water partition coefficient (Wildman–Crippen LogP) is 2.62. The molecule has 0 radical (unpaired) electrons. The minimum absolute atomic E-state index is 0.260. The second-order valence-corrected chi connectivity index (χ2v) is 7.30. The van der Waals surface area contributed by atoms with Crippen molar-refractivity contribution in [2.24, 2.45) is 0 Å². The number of aromatic nitrogens is 1. The van der Waals surface area contributed by atoms with E-state index in [0.717, 1.165) is 16.1 Å². The van der Waals surface area contributed by atoms with Gasteiger partial charge in [0.1, 0.15) is 9.88 Å². The first kappa shape index (κ1) is 20.2. The zero-order chi connectivity index (χ0) is 20.8. The van der Waals surface area contributed by atoms with Gasteiger partial charge >= 0.3 is 0 Å². The molecule has 0 fully saturated rings. The first-order valence-electron chi connectivity index (χ1n) is 8.91. The Morgan fingerprint density at radius 2 is 1.59 bits per heavy atom. The third-order valence-corrected chi connectivity index (χ3v) is 5.34. The molecular weight excluding hydrogens is 388 g/mol. The summed E-state index contributed by atoms with van der Waals surface area (Å²) < 4.78 is 0. The molecule has 0 atom stereocenters. The van der Waals surface area contributed by atoms with Gasteiger partial charge in [-0.2, -0.15) is 0 Å². The molecule has 3 N–H and O–H groups in total. The number of nitrogens with zero attached hydrogens (tertiary/aromatic N) is 1. The predicted molar refractivity (Wildman–Crippen MR) is 111 cm³/mol. The van der Waals surface area contributed by atoms with E-state index in [-0.39, 0.29) is 12.5 Å². The second kappa shape index (κ2) is 9.11. The lowest BCUT2D eigenvalue weighted by molar-refractivity contribution is -0.120. The fourth-order valence-corrected chi connectivity index (χ4v) is 3.59. The summed E-state index contributed by atoms with van der Waals surface area (Å²) in [6.07, 6.45) is 0. The van der Waals surface area contributed by atoms with Crippen LogP contribution in [0.5, 0.6) is 0 Å². The molecular formula is C21H20N4O3S. The first-order chi connectivity index (χ1) is 14.0. The van der Waals surface area contributed by atoms with E-state index in [1.807, 2.05) is 49.4 Å². The number of rotatable bonds is 5. The minimum atomic E-state index is -0.536. The lowest BCUT2D eigenvalue weighted by atomic mass is 10.1. The third-order valence-electron chi connectivity index (χ3n) is 4.14. The van der Waals surface area contributed by atoms with Crippen molar-refractivity contribution >= 4 is 29.1 Å². The van der Waals surface area contributed by atoms with Gasteiger partial charge < -0.3 is 5.32 Å². The molecule has 29 heavy (non-hydrogen) atoms. The number of nitrogens with one attached hydrogen (secondary N) is 3. The van der Waals surface area contributed by atoms with Gasteiger partial charge in [0.05, 0.1) is 12.2 Å². The van der Waals surface area contributed by atoms with Gasteiger partial charge in [-0.25, -0.2) is 4.98 Å². The van der Waals surface area contributed by atoms with Crippen LogP contribution in [0.25, 0.3) is 10.6 Å². The number of benzene rings is 2. The highest BCUT2D eigenvalue weighted by Crippen LogP contribution is 2.27. The Bertz CT molecular complexity index is 1050. The molecule has 1 heterocycles. The number of carbonyl (C=O) groups is 3. The van der Waals surface area contributed by atoms with Gasteiger partial charge in [-0.1, -0.05) is 48.5 Å². The molecule has 2 aromatic carbocycles. The molecule has 3 rings (SSSR count). The number of aryl methyl sites for hydroxylation is 2. The number of carbonyl (C=O) groups excluding carboxylic acids is 3. The Hall–Kier alpha value is -3.52. The molecule has 1 aromatic heterocycles. The van der Waals surface area contributed by atoms with Gasteiger partial charge in [-0.05, 0) is 25.5 Å².